The predicted octanol–water partition coefficient (Wildman–Crippen LogP) is 4.63. The number of ether oxygens (including phenoxy) is 2. The molecule has 0 unspecified atom stereocenters. The Bertz CT molecular complexity index is 1400. The van der Waals surface area contributed by atoms with E-state index in [1.165, 1.54) is 0 Å². The molecule has 2 bridgehead atoms. The number of unbranched alkanes of at least 4 members (excludes halogenated alkanes) is 1. The van der Waals surface area contributed by atoms with E-state index in [1.807, 2.05) is 55.5 Å². The molecule has 0 spiro atoms. The number of imide groups is 1. The quantitative estimate of drug-likeness (QED) is 0.307. The minimum atomic E-state index is -1.08. The van der Waals surface area contributed by atoms with E-state index in [1.54, 1.807) is 31.4 Å². The molecule has 41 heavy (non-hydrogen) atoms. The summed E-state index contributed by atoms with van der Waals surface area (Å²) >= 11 is 0. The maximum absolute atomic E-state index is 14.1. The first kappa shape index (κ1) is 26.7. The van der Waals surface area contributed by atoms with Crippen LogP contribution in [0.25, 0.3) is 0 Å². The van der Waals surface area contributed by atoms with E-state index in [2.05, 4.69) is 5.32 Å². The van der Waals surface area contributed by atoms with Gasteiger partial charge in [0.15, 0.2) is 6.61 Å². The summed E-state index contributed by atoms with van der Waals surface area (Å²) in [5.74, 6) is -2.94. The number of anilines is 1. The van der Waals surface area contributed by atoms with Gasteiger partial charge in [-0.05, 0) is 52.9 Å². The molecule has 8 heteroatoms. The van der Waals surface area contributed by atoms with Crippen molar-refractivity contribution in [2.75, 3.05) is 19.0 Å². The van der Waals surface area contributed by atoms with Gasteiger partial charge in [-0.25, -0.2) is 4.79 Å². The molecule has 0 radical (unpaired) electrons. The third-order valence-electron chi connectivity index (χ3n) is 8.62. The molecule has 3 amide bonds. The summed E-state index contributed by atoms with van der Waals surface area (Å²) < 4.78 is 10.5. The molecule has 1 heterocycles. The number of carbonyl (C=O) groups excluding carboxylic acids is 4. The summed E-state index contributed by atoms with van der Waals surface area (Å²) in [5, 5.41) is 2.68. The van der Waals surface area contributed by atoms with Crippen molar-refractivity contribution in [3.05, 3.63) is 95.1 Å². The largest absolute Gasteiger partial charge is 0.497 e. The zero-order chi connectivity index (χ0) is 28.7. The Morgan fingerprint density at radius 2 is 1.34 bits per heavy atom. The number of nitrogens with zero attached hydrogens (tertiary/aromatic N) is 1. The van der Waals surface area contributed by atoms with Crippen LogP contribution in [-0.4, -0.2) is 48.3 Å². The van der Waals surface area contributed by atoms with Crippen LogP contribution in [0.3, 0.4) is 0 Å². The SMILES string of the molecule is CCCC[C@H](C(=O)OCC(=O)Nc1ccc(OC)cc1)N1C(=O)[C@H]2C3c4ccccc4C(c4ccccc43)[C@@H]2C1=O. The highest BCUT2D eigenvalue weighted by Crippen LogP contribution is 2.61. The first-order valence-electron chi connectivity index (χ1n) is 14.1. The molecule has 4 aliphatic rings. The van der Waals surface area contributed by atoms with Crippen molar-refractivity contribution in [2.45, 2.75) is 44.1 Å². The Morgan fingerprint density at radius 3 is 1.80 bits per heavy atom. The molecule has 210 valence electrons. The fourth-order valence-corrected chi connectivity index (χ4v) is 6.86. The van der Waals surface area contributed by atoms with E-state index in [9.17, 15) is 19.2 Å². The molecule has 3 atom stereocenters. The van der Waals surface area contributed by atoms with Crippen LogP contribution in [0.15, 0.2) is 72.8 Å². The fraction of sp³-hybridized carbons (Fsp3) is 0.333. The molecular formula is C33H32N2O6. The Balaban J connectivity index is 1.24. The number of likely N-dealkylation sites (tertiary alicyclic amines) is 1. The smallest absolute Gasteiger partial charge is 0.329 e. The average molecular weight is 553 g/mol. The van der Waals surface area contributed by atoms with E-state index in [0.29, 0.717) is 17.9 Å². The van der Waals surface area contributed by atoms with Crippen LogP contribution < -0.4 is 10.1 Å². The number of rotatable bonds is 9. The van der Waals surface area contributed by atoms with Gasteiger partial charge in [0.05, 0.1) is 18.9 Å². The second-order valence-electron chi connectivity index (χ2n) is 10.9. The second-order valence-corrected chi connectivity index (χ2v) is 10.9. The summed E-state index contributed by atoms with van der Waals surface area (Å²) in [6.45, 7) is 1.45. The Hall–Kier alpha value is -4.46. The van der Waals surface area contributed by atoms with Crippen LogP contribution in [0.4, 0.5) is 5.69 Å². The van der Waals surface area contributed by atoms with E-state index >= 15 is 0 Å². The molecule has 1 N–H and O–H groups in total. The molecule has 0 saturated carbocycles. The van der Waals surface area contributed by atoms with E-state index in [4.69, 9.17) is 9.47 Å². The Morgan fingerprint density at radius 1 is 0.829 bits per heavy atom. The third-order valence-corrected chi connectivity index (χ3v) is 8.62. The fourth-order valence-electron chi connectivity index (χ4n) is 6.86. The maximum Gasteiger partial charge on any atom is 0.329 e. The summed E-state index contributed by atoms with van der Waals surface area (Å²) in [6.07, 6.45) is 1.67. The molecular weight excluding hydrogens is 520 g/mol. The van der Waals surface area contributed by atoms with E-state index in [0.717, 1.165) is 33.6 Å². The average Bonchev–Trinajstić information content (AvgIpc) is 3.26. The van der Waals surface area contributed by atoms with Gasteiger partial charge in [-0.2, -0.15) is 0 Å². The van der Waals surface area contributed by atoms with Crippen molar-refractivity contribution in [1.82, 2.24) is 4.90 Å². The topological polar surface area (TPSA) is 102 Å². The number of methoxy groups -OCH3 is 1. The van der Waals surface area contributed by atoms with Crippen LogP contribution in [0.2, 0.25) is 0 Å². The summed E-state index contributed by atoms with van der Waals surface area (Å²) in [5.41, 5.74) is 4.82. The zero-order valence-corrected chi connectivity index (χ0v) is 23.0. The van der Waals surface area contributed by atoms with Crippen molar-refractivity contribution in [1.29, 1.82) is 0 Å². The molecule has 1 saturated heterocycles. The minimum absolute atomic E-state index is 0.253. The lowest BCUT2D eigenvalue weighted by Crippen LogP contribution is -2.47. The number of benzene rings is 3. The number of esters is 1. The normalized spacial score (nSPS) is 22.4. The minimum Gasteiger partial charge on any atom is -0.497 e. The standard InChI is InChI=1S/C33H32N2O6/c1-3-4-13-25(33(39)41-18-26(36)34-19-14-16-20(40-2)17-15-19)35-31(37)29-27-21-9-5-6-10-22(21)28(30(29)32(35)38)24-12-8-7-11-23(24)27/h5-12,14-17,25,27-30H,3-4,13,18H2,1-2H3,(H,34,36)/t25-,27?,28?,29+,30+/m1/s1. The van der Waals surface area contributed by atoms with Crippen molar-refractivity contribution < 1.29 is 28.7 Å². The van der Waals surface area contributed by atoms with Crippen LogP contribution in [0.5, 0.6) is 5.75 Å². The van der Waals surface area contributed by atoms with Crippen molar-refractivity contribution >= 4 is 29.4 Å². The van der Waals surface area contributed by atoms with Crippen LogP contribution in [0.1, 0.15) is 60.3 Å². The van der Waals surface area contributed by atoms with Gasteiger partial charge in [-0.15, -0.1) is 0 Å². The lowest BCUT2D eigenvalue weighted by Gasteiger charge is -2.45. The van der Waals surface area contributed by atoms with Gasteiger partial charge in [0, 0.05) is 17.5 Å². The Labute approximate surface area is 238 Å². The number of nitrogens with one attached hydrogen (secondary N) is 1. The van der Waals surface area contributed by atoms with Crippen LogP contribution in [-0.2, 0) is 23.9 Å². The summed E-state index contributed by atoms with van der Waals surface area (Å²) in [7, 11) is 1.55. The van der Waals surface area contributed by atoms with Gasteiger partial charge in [0.1, 0.15) is 11.8 Å². The van der Waals surface area contributed by atoms with Gasteiger partial charge >= 0.3 is 5.97 Å². The zero-order valence-electron chi connectivity index (χ0n) is 23.0. The third kappa shape index (κ3) is 4.47. The van der Waals surface area contributed by atoms with Gasteiger partial charge in [0.2, 0.25) is 11.8 Å². The van der Waals surface area contributed by atoms with Gasteiger partial charge in [-0.3, -0.25) is 19.3 Å². The lowest BCUT2D eigenvalue weighted by atomic mass is 9.55. The predicted molar refractivity (Wildman–Crippen MR) is 151 cm³/mol. The van der Waals surface area contributed by atoms with Crippen LogP contribution >= 0.6 is 0 Å². The highest BCUT2D eigenvalue weighted by molar-refractivity contribution is 6.10. The number of carbonyl (C=O) groups is 4. The summed E-state index contributed by atoms with van der Waals surface area (Å²) in [6, 6.07) is 21.7. The highest BCUT2D eigenvalue weighted by Gasteiger charge is 2.63. The molecule has 1 aliphatic heterocycles. The van der Waals surface area contributed by atoms with E-state index < -0.39 is 36.4 Å². The maximum atomic E-state index is 14.1. The Kier molecular flexibility index (Phi) is 7.07. The second kappa shape index (κ2) is 10.8. The molecule has 1 fully saturated rings. The first-order valence-corrected chi connectivity index (χ1v) is 14.1. The molecule has 3 aromatic rings. The van der Waals surface area contributed by atoms with Gasteiger partial charge < -0.3 is 14.8 Å². The van der Waals surface area contributed by atoms with Crippen molar-refractivity contribution in [3.63, 3.8) is 0 Å². The molecule has 8 nitrogen and oxygen atoms in total. The summed E-state index contributed by atoms with van der Waals surface area (Å²) in [4.78, 5) is 55.3. The lowest BCUT2D eigenvalue weighted by molar-refractivity contribution is -0.160. The van der Waals surface area contributed by atoms with Crippen molar-refractivity contribution in [2.24, 2.45) is 11.8 Å². The first-order chi connectivity index (χ1) is 19.9. The molecule has 0 aromatic heterocycles. The molecule has 3 aromatic carbocycles. The van der Waals surface area contributed by atoms with Crippen LogP contribution in [0, 0.1) is 11.8 Å². The highest BCUT2D eigenvalue weighted by atomic mass is 16.5. The van der Waals surface area contributed by atoms with E-state index in [-0.39, 0.29) is 30.1 Å². The number of hydrogen-bond acceptors (Lipinski definition) is 6. The molecule has 3 aliphatic carbocycles. The van der Waals surface area contributed by atoms with Gasteiger partial charge in [0.25, 0.3) is 5.91 Å². The van der Waals surface area contributed by atoms with Crippen molar-refractivity contribution in [3.8, 4) is 5.75 Å². The number of amides is 3. The number of hydrogen-bond donors (Lipinski definition) is 1. The van der Waals surface area contributed by atoms with Gasteiger partial charge in [-0.1, -0.05) is 68.3 Å². The molecule has 7 rings (SSSR count). The monoisotopic (exact) mass is 552 g/mol.